The molecule has 4 rings (SSSR count). The number of amides is 3. The van der Waals surface area contributed by atoms with Gasteiger partial charge in [-0.3, -0.25) is 25.2 Å². The van der Waals surface area contributed by atoms with Crippen LogP contribution in [0, 0.1) is 10.8 Å². The topological polar surface area (TPSA) is 228 Å². The summed E-state index contributed by atoms with van der Waals surface area (Å²) < 4.78 is 0. The van der Waals surface area contributed by atoms with Crippen molar-refractivity contribution in [3.8, 4) is 22.3 Å². The predicted molar refractivity (Wildman–Crippen MR) is 214 cm³/mol. The lowest BCUT2D eigenvalue weighted by Crippen LogP contribution is -2.53. The van der Waals surface area contributed by atoms with Crippen molar-refractivity contribution in [3.05, 3.63) is 120 Å². The van der Waals surface area contributed by atoms with Crippen LogP contribution in [0.2, 0.25) is 0 Å². The number of rotatable bonds is 20. The second-order valence-electron chi connectivity index (χ2n) is 13.1. The van der Waals surface area contributed by atoms with Gasteiger partial charge in [-0.1, -0.05) is 109 Å². The first-order valence-electron chi connectivity index (χ1n) is 18.1. The number of unbranched alkanes of at least 4 members (excludes halogenated alkanes) is 1. The zero-order valence-corrected chi connectivity index (χ0v) is 30.5. The molecule has 2 atom stereocenters. The summed E-state index contributed by atoms with van der Waals surface area (Å²) in [6.45, 7) is 1.06. The smallest absolute Gasteiger partial charge is 0.242 e. The molecule has 4 aromatic rings. The molecule has 284 valence electrons. The van der Waals surface area contributed by atoms with Crippen molar-refractivity contribution in [1.82, 2.24) is 26.2 Å². The monoisotopic (exact) mass is 732 g/mol. The van der Waals surface area contributed by atoms with Crippen molar-refractivity contribution < 1.29 is 14.4 Å². The van der Waals surface area contributed by atoms with Crippen molar-refractivity contribution in [2.75, 3.05) is 32.7 Å². The number of carbonyl (C=O) groups excluding carboxylic acids is 3. The van der Waals surface area contributed by atoms with Crippen molar-refractivity contribution >= 4 is 29.6 Å². The van der Waals surface area contributed by atoms with Crippen molar-refractivity contribution in [2.24, 2.45) is 17.2 Å². The predicted octanol–water partition coefficient (Wildman–Crippen LogP) is 2.70. The molecule has 0 aliphatic carbocycles. The molecular formula is C41H52N10O3. The Morgan fingerprint density at radius 1 is 0.593 bits per heavy atom. The van der Waals surface area contributed by atoms with Crippen LogP contribution in [0.1, 0.15) is 30.4 Å². The largest absolute Gasteiger partial charge is 0.370 e. The lowest BCUT2D eigenvalue weighted by atomic mass is 10.00. The Hall–Kier alpha value is -6.21. The zero-order chi connectivity index (χ0) is 38.7. The highest BCUT2D eigenvalue weighted by molar-refractivity contribution is 5.91. The van der Waals surface area contributed by atoms with E-state index in [2.05, 4.69) is 21.3 Å². The van der Waals surface area contributed by atoms with Gasteiger partial charge in [-0.05, 0) is 59.1 Å². The van der Waals surface area contributed by atoms with Gasteiger partial charge in [0.15, 0.2) is 11.9 Å². The SMILES string of the molecule is N=C(N)NCCCCNC(=O)[C@H](Cc1ccc(-c2ccccc2)cc1)NC(=O)CN(CCCNC(=N)N)C(=O)[C@@H](N)Cc1ccc(-c2ccccc2)cc1. The number of nitrogens with two attached hydrogens (primary N) is 3. The van der Waals surface area contributed by atoms with Crippen LogP contribution in [0.4, 0.5) is 0 Å². The van der Waals surface area contributed by atoms with E-state index in [1.807, 2.05) is 109 Å². The molecule has 0 heterocycles. The van der Waals surface area contributed by atoms with Crippen LogP contribution >= 0.6 is 0 Å². The molecule has 13 nitrogen and oxygen atoms in total. The van der Waals surface area contributed by atoms with Gasteiger partial charge in [-0.2, -0.15) is 0 Å². The van der Waals surface area contributed by atoms with E-state index in [9.17, 15) is 14.4 Å². The van der Waals surface area contributed by atoms with Gasteiger partial charge in [-0.15, -0.1) is 0 Å². The van der Waals surface area contributed by atoms with E-state index in [0.717, 1.165) is 33.4 Å². The second kappa shape index (κ2) is 21.3. The Labute approximate surface area is 317 Å². The molecule has 0 saturated carbocycles. The Morgan fingerprint density at radius 3 is 1.54 bits per heavy atom. The summed E-state index contributed by atoms with van der Waals surface area (Å²) in [5.74, 6) is -1.57. The highest BCUT2D eigenvalue weighted by Gasteiger charge is 2.26. The Bertz CT molecular complexity index is 1800. The fraction of sp³-hybridized carbons (Fsp3) is 0.293. The lowest BCUT2D eigenvalue weighted by Gasteiger charge is -2.27. The van der Waals surface area contributed by atoms with Gasteiger partial charge in [0.25, 0.3) is 0 Å². The van der Waals surface area contributed by atoms with Gasteiger partial charge >= 0.3 is 0 Å². The summed E-state index contributed by atoms with van der Waals surface area (Å²) in [5, 5.41) is 26.0. The number of nitrogens with one attached hydrogen (secondary N) is 6. The summed E-state index contributed by atoms with van der Waals surface area (Å²) in [5.41, 5.74) is 23.2. The van der Waals surface area contributed by atoms with Crippen LogP contribution < -0.4 is 38.5 Å². The van der Waals surface area contributed by atoms with Gasteiger partial charge in [-0.25, -0.2) is 0 Å². The fourth-order valence-electron chi connectivity index (χ4n) is 5.93. The quantitative estimate of drug-likeness (QED) is 0.0372. The van der Waals surface area contributed by atoms with E-state index in [1.54, 1.807) is 0 Å². The third-order valence-electron chi connectivity index (χ3n) is 8.77. The Balaban J connectivity index is 1.44. The van der Waals surface area contributed by atoms with E-state index in [1.165, 1.54) is 4.90 Å². The summed E-state index contributed by atoms with van der Waals surface area (Å²) in [7, 11) is 0. The number of carbonyl (C=O) groups is 3. The van der Waals surface area contributed by atoms with Crippen LogP contribution in [0.15, 0.2) is 109 Å². The van der Waals surface area contributed by atoms with Crippen molar-refractivity contribution in [1.29, 1.82) is 10.8 Å². The van der Waals surface area contributed by atoms with Crippen LogP contribution in [0.25, 0.3) is 22.3 Å². The molecule has 13 heteroatoms. The van der Waals surface area contributed by atoms with Gasteiger partial charge in [0.2, 0.25) is 17.7 Å². The molecule has 0 fully saturated rings. The minimum absolute atomic E-state index is 0.110. The van der Waals surface area contributed by atoms with E-state index < -0.39 is 23.9 Å². The highest BCUT2D eigenvalue weighted by atomic mass is 16.2. The molecule has 0 saturated heterocycles. The first-order chi connectivity index (χ1) is 26.1. The molecule has 0 aliphatic heterocycles. The van der Waals surface area contributed by atoms with Crippen molar-refractivity contribution in [3.63, 3.8) is 0 Å². The van der Waals surface area contributed by atoms with E-state index in [4.69, 9.17) is 28.0 Å². The van der Waals surface area contributed by atoms with E-state index in [-0.39, 0.29) is 43.8 Å². The molecule has 0 spiro atoms. The number of benzene rings is 4. The minimum Gasteiger partial charge on any atom is -0.370 e. The third kappa shape index (κ3) is 13.7. The van der Waals surface area contributed by atoms with E-state index >= 15 is 0 Å². The van der Waals surface area contributed by atoms with Gasteiger partial charge in [0, 0.05) is 32.6 Å². The van der Waals surface area contributed by atoms with Gasteiger partial charge in [0.1, 0.15) is 6.04 Å². The number of guanidine groups is 2. The molecule has 54 heavy (non-hydrogen) atoms. The normalized spacial score (nSPS) is 11.8. The highest BCUT2D eigenvalue weighted by Crippen LogP contribution is 2.21. The Kier molecular flexibility index (Phi) is 16.0. The van der Waals surface area contributed by atoms with Crippen LogP contribution in [-0.4, -0.2) is 79.3 Å². The fourth-order valence-corrected chi connectivity index (χ4v) is 5.93. The molecule has 0 radical (unpaired) electrons. The molecule has 0 aromatic heterocycles. The summed E-state index contributed by atoms with van der Waals surface area (Å²) in [4.78, 5) is 42.3. The maximum absolute atomic E-state index is 13.8. The molecular weight excluding hydrogens is 681 g/mol. The summed E-state index contributed by atoms with van der Waals surface area (Å²) in [6.07, 6.45) is 2.23. The van der Waals surface area contributed by atoms with Gasteiger partial charge < -0.3 is 43.4 Å². The summed E-state index contributed by atoms with van der Waals surface area (Å²) in [6, 6.07) is 33.8. The first kappa shape index (κ1) is 40.6. The molecule has 3 amide bonds. The number of hydrogen-bond donors (Lipinski definition) is 9. The van der Waals surface area contributed by atoms with Crippen LogP contribution in [0.5, 0.6) is 0 Å². The standard InChI is InChI=1S/C41H52N10O3/c42-35(26-29-14-18-33(19-15-29)31-10-3-1-4-11-31)39(54)51(25-9-24-49-41(45)46)28-37(52)50-36(38(53)47-22-7-8-23-48-40(43)44)27-30-16-20-34(21-17-30)32-12-5-2-6-13-32/h1-6,10-21,35-36H,7-9,22-28,42H2,(H,47,53)(H,50,52)(H4,43,44,48)(H4,45,46,49)/t35-,36-/m0/s1. The third-order valence-corrected chi connectivity index (χ3v) is 8.77. The molecule has 0 bridgehead atoms. The molecule has 0 aliphatic rings. The average molecular weight is 733 g/mol. The second-order valence-corrected chi connectivity index (χ2v) is 13.1. The van der Waals surface area contributed by atoms with Crippen molar-refractivity contribution in [2.45, 2.75) is 44.2 Å². The van der Waals surface area contributed by atoms with Crippen LogP contribution in [0.3, 0.4) is 0 Å². The zero-order valence-electron chi connectivity index (χ0n) is 30.5. The van der Waals surface area contributed by atoms with Crippen LogP contribution in [-0.2, 0) is 27.2 Å². The lowest BCUT2D eigenvalue weighted by molar-refractivity contribution is -0.138. The summed E-state index contributed by atoms with van der Waals surface area (Å²) >= 11 is 0. The molecule has 0 unspecified atom stereocenters. The minimum atomic E-state index is -0.916. The molecule has 4 aromatic carbocycles. The first-order valence-corrected chi connectivity index (χ1v) is 18.1. The maximum Gasteiger partial charge on any atom is 0.242 e. The maximum atomic E-state index is 13.8. The number of nitrogens with zero attached hydrogens (tertiary/aromatic N) is 1. The number of hydrogen-bond acceptors (Lipinski definition) is 6. The average Bonchev–Trinajstić information content (AvgIpc) is 3.17. The van der Waals surface area contributed by atoms with E-state index in [0.29, 0.717) is 38.9 Å². The Morgan fingerprint density at radius 2 is 1.04 bits per heavy atom. The van der Waals surface area contributed by atoms with Gasteiger partial charge in [0.05, 0.1) is 12.6 Å². The molecule has 12 N–H and O–H groups in total.